The molecule has 0 N–H and O–H groups in total. The van der Waals surface area contributed by atoms with Crippen molar-refractivity contribution in [1.29, 1.82) is 0 Å². The molecule has 0 spiro atoms. The summed E-state index contributed by atoms with van der Waals surface area (Å²) in [6.45, 7) is 7.12. The van der Waals surface area contributed by atoms with E-state index >= 15 is 0 Å². The molecule has 0 saturated heterocycles. The molecular weight excluding hydrogens is 162 g/mol. The fourth-order valence-corrected chi connectivity index (χ4v) is 3.29. The molecule has 0 aromatic heterocycles. The van der Waals surface area contributed by atoms with Crippen molar-refractivity contribution in [2.45, 2.75) is 19.6 Å². The maximum Gasteiger partial charge on any atom is 0.152 e. The summed E-state index contributed by atoms with van der Waals surface area (Å²) >= 11 is 0. The van der Waals surface area contributed by atoms with Crippen LogP contribution in [0.4, 0.5) is 0 Å². The van der Waals surface area contributed by atoms with Gasteiger partial charge in [0.2, 0.25) is 0 Å². The van der Waals surface area contributed by atoms with E-state index in [2.05, 4.69) is 54.7 Å². The van der Waals surface area contributed by atoms with Crippen LogP contribution in [0.3, 0.4) is 0 Å². The van der Waals surface area contributed by atoms with E-state index in [9.17, 15) is 0 Å². The molecule has 1 atom stereocenters. The Labute approximate surface area is 75.2 Å². The zero-order valence-corrected chi connectivity index (χ0v) is 8.91. The van der Waals surface area contributed by atoms with E-state index in [0.29, 0.717) is 5.92 Å². The highest BCUT2D eigenvalue weighted by molar-refractivity contribution is 6.74. The lowest BCUT2D eigenvalue weighted by Crippen LogP contribution is -2.40. The Morgan fingerprint density at radius 3 is 2.67 bits per heavy atom. The van der Waals surface area contributed by atoms with Crippen molar-refractivity contribution in [2.75, 3.05) is 0 Å². The lowest BCUT2D eigenvalue weighted by atomic mass is 10.1. The molecule has 12 heavy (non-hydrogen) atoms. The fourth-order valence-electron chi connectivity index (χ4n) is 1.76. The molecule has 1 nitrogen and oxygen atoms in total. The minimum absolute atomic E-state index is 0.580. The number of fused-ring (bicyclic) bond motifs is 1. The Balaban J connectivity index is 2.28. The Hall–Kier alpha value is -0.763. The van der Waals surface area contributed by atoms with Crippen LogP contribution in [0.1, 0.15) is 0 Å². The molecule has 1 unspecified atom stereocenters. The van der Waals surface area contributed by atoms with Gasteiger partial charge in [0.05, 0.1) is 0 Å². The first kappa shape index (κ1) is 7.86. The monoisotopic (exact) mass is 177 g/mol. The Bertz CT molecular complexity index is 281. The normalized spacial score (nSPS) is 26.4. The summed E-state index contributed by atoms with van der Waals surface area (Å²) in [6.07, 6.45) is 11.2. The molecule has 1 aliphatic carbocycles. The summed E-state index contributed by atoms with van der Waals surface area (Å²) in [4.78, 5) is 0. The van der Waals surface area contributed by atoms with Crippen LogP contribution in [0.25, 0.3) is 0 Å². The smallest absolute Gasteiger partial charge is 0.152 e. The molecule has 1 heterocycles. The highest BCUT2D eigenvalue weighted by Gasteiger charge is 2.31. The minimum Gasteiger partial charge on any atom is -0.378 e. The zero-order chi connectivity index (χ0) is 8.77. The number of nitrogens with zero attached hydrogens (tertiary/aromatic N) is 1. The average molecular weight is 177 g/mol. The van der Waals surface area contributed by atoms with E-state index in [4.69, 9.17) is 0 Å². The van der Waals surface area contributed by atoms with Crippen molar-refractivity contribution in [1.82, 2.24) is 4.57 Å². The van der Waals surface area contributed by atoms with Crippen molar-refractivity contribution in [3.8, 4) is 0 Å². The van der Waals surface area contributed by atoms with E-state index in [1.165, 1.54) is 5.70 Å². The molecule has 0 fully saturated rings. The van der Waals surface area contributed by atoms with E-state index in [1.54, 1.807) is 0 Å². The Kier molecular flexibility index (Phi) is 1.55. The SMILES string of the molecule is C[Si](C)(C)N1C=CC2C=CC=C21. The molecule has 2 aliphatic rings. The minimum atomic E-state index is -1.17. The second-order valence-corrected chi connectivity index (χ2v) is 9.21. The number of rotatable bonds is 1. The maximum absolute atomic E-state index is 2.48. The van der Waals surface area contributed by atoms with Gasteiger partial charge in [-0.3, -0.25) is 0 Å². The fraction of sp³-hybridized carbons (Fsp3) is 0.400. The predicted molar refractivity (Wildman–Crippen MR) is 55.0 cm³/mol. The summed E-state index contributed by atoms with van der Waals surface area (Å²) in [7, 11) is -1.17. The largest absolute Gasteiger partial charge is 0.378 e. The second kappa shape index (κ2) is 2.36. The average Bonchev–Trinajstić information content (AvgIpc) is 2.37. The highest BCUT2D eigenvalue weighted by Crippen LogP contribution is 2.33. The van der Waals surface area contributed by atoms with E-state index in [-0.39, 0.29) is 0 Å². The van der Waals surface area contributed by atoms with Gasteiger partial charge in [-0.05, 0) is 12.3 Å². The zero-order valence-electron chi connectivity index (χ0n) is 7.91. The second-order valence-electron chi connectivity index (χ2n) is 4.38. The third kappa shape index (κ3) is 1.07. The molecule has 0 amide bonds. The number of allylic oxidation sites excluding steroid dienone is 3. The summed E-state index contributed by atoms with van der Waals surface area (Å²) in [5.41, 5.74) is 1.48. The predicted octanol–water partition coefficient (Wildman–Crippen LogP) is 2.72. The topological polar surface area (TPSA) is 3.24 Å². The summed E-state index contributed by atoms with van der Waals surface area (Å²) in [6, 6.07) is 0. The first-order chi connectivity index (χ1) is 5.59. The molecule has 0 saturated carbocycles. The van der Waals surface area contributed by atoms with Gasteiger partial charge in [0, 0.05) is 11.6 Å². The van der Waals surface area contributed by atoms with Crippen molar-refractivity contribution < 1.29 is 0 Å². The molecule has 0 radical (unpaired) electrons. The van der Waals surface area contributed by atoms with Crippen LogP contribution in [0.15, 0.2) is 36.2 Å². The van der Waals surface area contributed by atoms with Gasteiger partial charge in [-0.2, -0.15) is 0 Å². The van der Waals surface area contributed by atoms with Crippen molar-refractivity contribution >= 4 is 8.24 Å². The quantitative estimate of drug-likeness (QED) is 0.557. The van der Waals surface area contributed by atoms with Crippen LogP contribution >= 0.6 is 0 Å². The van der Waals surface area contributed by atoms with Gasteiger partial charge in [-0.1, -0.05) is 37.9 Å². The molecule has 1 aliphatic heterocycles. The summed E-state index contributed by atoms with van der Waals surface area (Å²) in [5.74, 6) is 0.580. The van der Waals surface area contributed by atoms with Gasteiger partial charge in [0.25, 0.3) is 0 Å². The van der Waals surface area contributed by atoms with E-state index in [0.717, 1.165) is 0 Å². The van der Waals surface area contributed by atoms with Crippen LogP contribution in [0.5, 0.6) is 0 Å². The van der Waals surface area contributed by atoms with Crippen molar-refractivity contribution in [3.05, 3.63) is 36.2 Å². The third-order valence-electron chi connectivity index (χ3n) is 2.37. The molecule has 64 valence electrons. The van der Waals surface area contributed by atoms with Gasteiger partial charge in [-0.25, -0.2) is 0 Å². The van der Waals surface area contributed by atoms with Crippen LogP contribution < -0.4 is 0 Å². The molecule has 0 aromatic carbocycles. The Morgan fingerprint density at radius 1 is 1.25 bits per heavy atom. The first-order valence-electron chi connectivity index (χ1n) is 4.45. The number of hydrogen-bond acceptors (Lipinski definition) is 1. The van der Waals surface area contributed by atoms with E-state index in [1.807, 2.05) is 0 Å². The highest BCUT2D eigenvalue weighted by atomic mass is 28.3. The van der Waals surface area contributed by atoms with Gasteiger partial charge in [-0.15, -0.1) is 0 Å². The molecule has 2 rings (SSSR count). The lowest BCUT2D eigenvalue weighted by Gasteiger charge is -2.32. The van der Waals surface area contributed by atoms with Gasteiger partial charge < -0.3 is 4.57 Å². The standard InChI is InChI=1S/C10H15NSi/c1-12(2,3)11-8-7-9-5-4-6-10(9)11/h4-9H,1-3H3. The van der Waals surface area contributed by atoms with Gasteiger partial charge in [0.1, 0.15) is 0 Å². The first-order valence-corrected chi connectivity index (χ1v) is 7.90. The van der Waals surface area contributed by atoms with Gasteiger partial charge in [0.15, 0.2) is 8.24 Å². The van der Waals surface area contributed by atoms with Crippen LogP contribution in [-0.2, 0) is 0 Å². The summed E-state index contributed by atoms with van der Waals surface area (Å²) in [5, 5.41) is 0. The van der Waals surface area contributed by atoms with E-state index < -0.39 is 8.24 Å². The van der Waals surface area contributed by atoms with Crippen molar-refractivity contribution in [2.24, 2.45) is 5.92 Å². The lowest BCUT2D eigenvalue weighted by molar-refractivity contribution is 0.683. The summed E-state index contributed by atoms with van der Waals surface area (Å²) < 4.78 is 2.48. The molecule has 2 heteroatoms. The maximum atomic E-state index is 2.48. The molecule has 0 bridgehead atoms. The van der Waals surface area contributed by atoms with Crippen LogP contribution in [0, 0.1) is 5.92 Å². The van der Waals surface area contributed by atoms with Crippen LogP contribution in [-0.4, -0.2) is 12.8 Å². The molecular formula is C10H15NSi. The third-order valence-corrected chi connectivity index (χ3v) is 4.22. The Morgan fingerprint density at radius 2 is 2.00 bits per heavy atom. The van der Waals surface area contributed by atoms with Crippen LogP contribution in [0.2, 0.25) is 19.6 Å². The van der Waals surface area contributed by atoms with Gasteiger partial charge >= 0.3 is 0 Å². The number of hydrogen-bond donors (Lipinski definition) is 0. The van der Waals surface area contributed by atoms with Crippen molar-refractivity contribution in [3.63, 3.8) is 0 Å². The molecule has 0 aromatic rings.